The van der Waals surface area contributed by atoms with E-state index in [-0.39, 0.29) is 11.9 Å². The fourth-order valence-electron chi connectivity index (χ4n) is 4.04. The van der Waals surface area contributed by atoms with Crippen LogP contribution in [0.3, 0.4) is 0 Å². The molecule has 3 aliphatic rings. The standard InChI is InChI=1S/C17H17NO4/c1-10(11-5-3-2-4-6-11)18-9-17-8-7-12(22-17)13(16(20)21)14(17)15(18)19/h2-8,10,12-14H,9H2,1H3,(H,20,21)/p-1/t10-,12-,13+,14+,17-/m1/s1. The Bertz CT molecular complexity index is 670. The Morgan fingerprint density at radius 2 is 2.14 bits per heavy atom. The molecule has 0 aromatic heterocycles. The van der Waals surface area contributed by atoms with Crippen molar-refractivity contribution in [1.29, 1.82) is 0 Å². The van der Waals surface area contributed by atoms with Crippen LogP contribution in [0.15, 0.2) is 42.5 Å². The number of hydrogen-bond donors (Lipinski definition) is 0. The molecule has 1 aromatic carbocycles. The molecular weight excluding hydrogens is 282 g/mol. The van der Waals surface area contributed by atoms with Gasteiger partial charge in [0.1, 0.15) is 5.60 Å². The lowest BCUT2D eigenvalue weighted by Gasteiger charge is -2.28. The Hall–Kier alpha value is -2.14. The van der Waals surface area contributed by atoms with Crippen LogP contribution in [0.25, 0.3) is 0 Å². The van der Waals surface area contributed by atoms with Crippen LogP contribution in [-0.4, -0.2) is 35.0 Å². The topological polar surface area (TPSA) is 69.7 Å². The molecule has 0 radical (unpaired) electrons. The van der Waals surface area contributed by atoms with E-state index in [0.717, 1.165) is 5.56 Å². The largest absolute Gasteiger partial charge is 0.550 e. The maximum Gasteiger partial charge on any atom is 0.230 e. The molecule has 2 fully saturated rings. The molecule has 1 amide bonds. The Morgan fingerprint density at radius 1 is 1.41 bits per heavy atom. The highest BCUT2D eigenvalue weighted by molar-refractivity contribution is 5.90. The Balaban J connectivity index is 1.68. The van der Waals surface area contributed by atoms with Crippen molar-refractivity contribution in [3.05, 3.63) is 48.0 Å². The summed E-state index contributed by atoms with van der Waals surface area (Å²) in [6, 6.07) is 9.60. The van der Waals surface area contributed by atoms with Gasteiger partial charge in [0.2, 0.25) is 5.91 Å². The number of amides is 1. The SMILES string of the molecule is C[C@H](c1ccccc1)N1C[C@@]23C=C[C@@H](O2)[C@H](C(=O)[O-])[C@H]3C1=O. The van der Waals surface area contributed by atoms with Gasteiger partial charge in [0.05, 0.1) is 24.6 Å². The summed E-state index contributed by atoms with van der Waals surface area (Å²) in [4.78, 5) is 26.0. The van der Waals surface area contributed by atoms with Crippen LogP contribution >= 0.6 is 0 Å². The zero-order valence-corrected chi connectivity index (χ0v) is 12.1. The van der Waals surface area contributed by atoms with Gasteiger partial charge in [-0.2, -0.15) is 0 Å². The second-order valence-corrected chi connectivity index (χ2v) is 6.27. The van der Waals surface area contributed by atoms with Crippen molar-refractivity contribution in [2.24, 2.45) is 11.8 Å². The van der Waals surface area contributed by atoms with Crippen molar-refractivity contribution in [3.63, 3.8) is 0 Å². The van der Waals surface area contributed by atoms with Gasteiger partial charge in [0.25, 0.3) is 0 Å². The molecule has 1 spiro atoms. The first kappa shape index (κ1) is 13.5. The molecule has 0 N–H and O–H groups in total. The summed E-state index contributed by atoms with van der Waals surface area (Å²) in [6.45, 7) is 2.35. The number of ether oxygens (including phenoxy) is 1. The molecule has 4 rings (SSSR count). The van der Waals surface area contributed by atoms with E-state index >= 15 is 0 Å². The highest BCUT2D eigenvalue weighted by Crippen LogP contribution is 2.52. The van der Waals surface area contributed by atoms with E-state index in [4.69, 9.17) is 4.74 Å². The molecule has 114 valence electrons. The maximum atomic E-state index is 12.8. The summed E-state index contributed by atoms with van der Waals surface area (Å²) in [5.41, 5.74) is 0.228. The second-order valence-electron chi connectivity index (χ2n) is 6.27. The van der Waals surface area contributed by atoms with E-state index in [2.05, 4.69) is 0 Å². The van der Waals surface area contributed by atoms with E-state index in [9.17, 15) is 14.7 Å². The van der Waals surface area contributed by atoms with Gasteiger partial charge in [0.15, 0.2) is 0 Å². The molecular formula is C17H16NO4-. The third-order valence-corrected chi connectivity index (χ3v) is 5.15. The van der Waals surface area contributed by atoms with Gasteiger partial charge in [-0.25, -0.2) is 0 Å². The molecule has 1 aromatic rings. The van der Waals surface area contributed by atoms with Gasteiger partial charge in [-0.15, -0.1) is 0 Å². The summed E-state index contributed by atoms with van der Waals surface area (Å²) >= 11 is 0. The van der Waals surface area contributed by atoms with Crippen LogP contribution in [-0.2, 0) is 14.3 Å². The Labute approximate surface area is 128 Å². The van der Waals surface area contributed by atoms with Crippen molar-refractivity contribution in [2.75, 3.05) is 6.54 Å². The van der Waals surface area contributed by atoms with Crippen molar-refractivity contribution < 1.29 is 19.4 Å². The summed E-state index contributed by atoms with van der Waals surface area (Å²) in [5.74, 6) is -2.91. The number of aliphatic carboxylic acids is 1. The van der Waals surface area contributed by atoms with Gasteiger partial charge in [-0.05, 0) is 12.5 Å². The first-order valence-corrected chi connectivity index (χ1v) is 7.47. The van der Waals surface area contributed by atoms with E-state index in [1.165, 1.54) is 0 Å². The van der Waals surface area contributed by atoms with Crippen molar-refractivity contribution in [1.82, 2.24) is 4.90 Å². The van der Waals surface area contributed by atoms with Crippen LogP contribution < -0.4 is 5.11 Å². The predicted octanol–water partition coefficient (Wildman–Crippen LogP) is 0.279. The molecule has 3 heterocycles. The van der Waals surface area contributed by atoms with Crippen LogP contribution in [0, 0.1) is 11.8 Å². The fourth-order valence-corrected chi connectivity index (χ4v) is 4.04. The van der Waals surface area contributed by atoms with Crippen LogP contribution in [0.4, 0.5) is 0 Å². The number of hydrogen-bond acceptors (Lipinski definition) is 4. The third kappa shape index (κ3) is 1.63. The van der Waals surface area contributed by atoms with Crippen LogP contribution in [0.1, 0.15) is 18.5 Å². The minimum absolute atomic E-state index is 0.118. The van der Waals surface area contributed by atoms with E-state index in [1.807, 2.05) is 43.3 Å². The zero-order valence-electron chi connectivity index (χ0n) is 12.1. The fraction of sp³-hybridized carbons (Fsp3) is 0.412. The van der Waals surface area contributed by atoms with Gasteiger partial charge >= 0.3 is 0 Å². The highest BCUT2D eigenvalue weighted by atomic mass is 16.5. The Kier molecular flexibility index (Phi) is 2.72. The van der Waals surface area contributed by atoms with Gasteiger partial charge in [-0.1, -0.05) is 42.5 Å². The number of carboxylic acids is 1. The highest BCUT2D eigenvalue weighted by Gasteiger charge is 2.65. The zero-order chi connectivity index (χ0) is 15.5. The van der Waals surface area contributed by atoms with Crippen molar-refractivity contribution in [3.8, 4) is 0 Å². The smallest absolute Gasteiger partial charge is 0.230 e. The molecule has 3 aliphatic heterocycles. The minimum atomic E-state index is -1.20. The summed E-state index contributed by atoms with van der Waals surface area (Å²) in [5, 5.41) is 11.4. The Morgan fingerprint density at radius 3 is 2.82 bits per heavy atom. The summed E-state index contributed by atoms with van der Waals surface area (Å²) < 4.78 is 5.85. The lowest BCUT2D eigenvalue weighted by molar-refractivity contribution is -0.313. The van der Waals surface area contributed by atoms with Crippen LogP contribution in [0.2, 0.25) is 0 Å². The summed E-state index contributed by atoms with van der Waals surface area (Å²) in [7, 11) is 0. The van der Waals surface area contributed by atoms with Crippen molar-refractivity contribution in [2.45, 2.75) is 24.7 Å². The summed E-state index contributed by atoms with van der Waals surface area (Å²) in [6.07, 6.45) is 3.08. The molecule has 0 aliphatic carbocycles. The van der Waals surface area contributed by atoms with Crippen LogP contribution in [0.5, 0.6) is 0 Å². The lowest BCUT2D eigenvalue weighted by Crippen LogP contribution is -2.45. The molecule has 5 heteroatoms. The number of carboxylic acid groups (broad SMARTS) is 1. The number of carbonyl (C=O) groups excluding carboxylic acids is 2. The number of fused-ring (bicyclic) bond motifs is 1. The van der Waals surface area contributed by atoms with Crippen molar-refractivity contribution >= 4 is 11.9 Å². The molecule has 0 unspecified atom stereocenters. The normalized spacial score (nSPS) is 36.7. The monoisotopic (exact) mass is 298 g/mol. The average Bonchev–Trinajstić information content (AvgIpc) is 3.15. The molecule has 2 saturated heterocycles. The number of benzene rings is 1. The van der Waals surface area contributed by atoms with Gasteiger partial charge < -0.3 is 19.5 Å². The third-order valence-electron chi connectivity index (χ3n) is 5.15. The van der Waals surface area contributed by atoms with E-state index in [1.54, 1.807) is 11.0 Å². The first-order chi connectivity index (χ1) is 10.5. The number of likely N-dealkylation sites (tertiary alicyclic amines) is 1. The molecule has 2 bridgehead atoms. The molecule has 0 saturated carbocycles. The molecule has 5 atom stereocenters. The minimum Gasteiger partial charge on any atom is -0.550 e. The number of nitrogens with zero attached hydrogens (tertiary/aromatic N) is 1. The van der Waals surface area contributed by atoms with Gasteiger partial charge in [-0.3, -0.25) is 4.79 Å². The quantitative estimate of drug-likeness (QED) is 0.752. The van der Waals surface area contributed by atoms with E-state index in [0.29, 0.717) is 6.54 Å². The first-order valence-electron chi connectivity index (χ1n) is 7.47. The maximum absolute atomic E-state index is 12.8. The molecule has 5 nitrogen and oxygen atoms in total. The second kappa shape index (κ2) is 4.43. The number of rotatable bonds is 3. The molecule has 22 heavy (non-hydrogen) atoms. The predicted molar refractivity (Wildman–Crippen MR) is 75.3 cm³/mol. The van der Waals surface area contributed by atoms with E-state index < -0.39 is 29.5 Å². The average molecular weight is 298 g/mol. The number of carbonyl (C=O) groups is 2. The lowest BCUT2D eigenvalue weighted by atomic mass is 9.77. The van der Waals surface area contributed by atoms with Gasteiger partial charge in [0, 0.05) is 11.9 Å².